The molecule has 1 aromatic rings. The molecule has 90 valence electrons. The number of carbonyl (C=O) groups is 2. The Kier molecular flexibility index (Phi) is 3.51. The highest BCUT2D eigenvalue weighted by molar-refractivity contribution is 9.09. The first-order valence-electron chi connectivity index (χ1n) is 4.95. The Morgan fingerprint density at radius 1 is 1.41 bits per heavy atom. The van der Waals surface area contributed by atoms with Gasteiger partial charge in [0.05, 0.1) is 28.9 Å². The van der Waals surface area contributed by atoms with Gasteiger partial charge in [-0.2, -0.15) is 0 Å². The third kappa shape index (κ3) is 2.10. The van der Waals surface area contributed by atoms with Crippen molar-refractivity contribution in [3.63, 3.8) is 0 Å². The molecule has 1 unspecified atom stereocenters. The van der Waals surface area contributed by atoms with Gasteiger partial charge in [-0.3, -0.25) is 9.59 Å². The first kappa shape index (κ1) is 12.5. The highest BCUT2D eigenvalue weighted by Crippen LogP contribution is 2.35. The molecule has 1 aliphatic heterocycles. The molecule has 1 amide bonds. The first-order valence-corrected chi connectivity index (χ1v) is 6.45. The summed E-state index contributed by atoms with van der Waals surface area (Å²) in [7, 11) is 0. The number of β-amino-alcohol motifs (C(OH)–C–C–N with tert-alkyl or cyclic N) is 1. The Hall–Kier alpha value is -0.910. The lowest BCUT2D eigenvalue weighted by molar-refractivity contribution is -0.114. The van der Waals surface area contributed by atoms with Crippen molar-refractivity contribution in [3.05, 3.63) is 28.8 Å². The number of benzene rings is 1. The molecule has 6 heteroatoms. The number of para-hydroxylation sites is 1. The highest BCUT2D eigenvalue weighted by atomic mass is 79.9. The summed E-state index contributed by atoms with van der Waals surface area (Å²) < 4.78 is 0. The van der Waals surface area contributed by atoms with Crippen molar-refractivity contribution in [2.24, 2.45) is 0 Å². The number of carbonyl (C=O) groups excluding carboxylic acids is 2. The minimum atomic E-state index is -0.742. The zero-order valence-corrected chi connectivity index (χ0v) is 11.0. The van der Waals surface area contributed by atoms with E-state index in [4.69, 9.17) is 11.6 Å². The van der Waals surface area contributed by atoms with Crippen molar-refractivity contribution in [2.75, 3.05) is 16.8 Å². The van der Waals surface area contributed by atoms with Gasteiger partial charge >= 0.3 is 0 Å². The summed E-state index contributed by atoms with van der Waals surface area (Å²) in [4.78, 5) is 24.7. The molecule has 1 aromatic carbocycles. The number of amides is 1. The molecule has 2 rings (SSSR count). The van der Waals surface area contributed by atoms with Crippen molar-refractivity contribution in [1.82, 2.24) is 0 Å². The molecule has 0 bridgehead atoms. The van der Waals surface area contributed by atoms with Gasteiger partial charge in [-0.05, 0) is 12.1 Å². The van der Waals surface area contributed by atoms with Crippen LogP contribution in [0.1, 0.15) is 10.4 Å². The second-order valence-electron chi connectivity index (χ2n) is 3.69. The highest BCUT2D eigenvalue weighted by Gasteiger charge is 2.37. The summed E-state index contributed by atoms with van der Waals surface area (Å²) in [6, 6.07) is 4.79. The van der Waals surface area contributed by atoms with Crippen molar-refractivity contribution >= 4 is 44.9 Å². The summed E-state index contributed by atoms with van der Waals surface area (Å²) in [6.07, 6.45) is -0.742. The van der Waals surface area contributed by atoms with E-state index < -0.39 is 17.8 Å². The van der Waals surface area contributed by atoms with Gasteiger partial charge < -0.3 is 10.0 Å². The Labute approximate surface area is 111 Å². The molecule has 0 saturated heterocycles. The van der Waals surface area contributed by atoms with E-state index in [2.05, 4.69) is 15.9 Å². The number of Topliss-reactive ketones (excluding diaryl/α,β-unsaturated/α-hetero) is 1. The van der Waals surface area contributed by atoms with Gasteiger partial charge in [0.25, 0.3) is 11.7 Å². The predicted molar refractivity (Wildman–Crippen MR) is 67.9 cm³/mol. The van der Waals surface area contributed by atoms with Gasteiger partial charge in [-0.15, -0.1) is 0 Å². The van der Waals surface area contributed by atoms with Crippen LogP contribution in [0.15, 0.2) is 18.2 Å². The predicted octanol–water partition coefficient (Wildman–Crippen LogP) is 1.63. The van der Waals surface area contributed by atoms with Crippen LogP contribution in [0.2, 0.25) is 5.02 Å². The minimum Gasteiger partial charge on any atom is -0.390 e. The van der Waals surface area contributed by atoms with E-state index in [-0.39, 0.29) is 6.54 Å². The molecule has 0 spiro atoms. The Balaban J connectivity index is 2.43. The van der Waals surface area contributed by atoms with Crippen molar-refractivity contribution in [1.29, 1.82) is 0 Å². The zero-order valence-electron chi connectivity index (χ0n) is 8.69. The van der Waals surface area contributed by atoms with Gasteiger partial charge in [-0.1, -0.05) is 33.6 Å². The molecule has 17 heavy (non-hydrogen) atoms. The van der Waals surface area contributed by atoms with Crippen LogP contribution in [0.25, 0.3) is 0 Å². The smallest absolute Gasteiger partial charge is 0.299 e. The SMILES string of the molecule is O=C1C(=O)N(CC(O)CBr)c2c(Cl)cccc21. The number of ketones is 1. The molecule has 0 fully saturated rings. The van der Waals surface area contributed by atoms with E-state index in [0.29, 0.717) is 21.6 Å². The van der Waals surface area contributed by atoms with Crippen LogP contribution < -0.4 is 4.90 Å². The molecular weight excluding hydrogens is 309 g/mol. The number of rotatable bonds is 3. The molecule has 0 aliphatic carbocycles. The number of halogens is 2. The monoisotopic (exact) mass is 317 g/mol. The molecule has 0 saturated carbocycles. The number of hydrogen-bond donors (Lipinski definition) is 1. The lowest BCUT2D eigenvalue weighted by Crippen LogP contribution is -2.37. The largest absolute Gasteiger partial charge is 0.390 e. The van der Waals surface area contributed by atoms with E-state index in [1.54, 1.807) is 18.2 Å². The summed E-state index contributed by atoms with van der Waals surface area (Å²) in [5.74, 6) is -1.22. The lowest BCUT2D eigenvalue weighted by atomic mass is 10.1. The van der Waals surface area contributed by atoms with Crippen LogP contribution in [-0.2, 0) is 4.79 Å². The molecule has 1 N–H and O–H groups in total. The van der Waals surface area contributed by atoms with Crippen molar-refractivity contribution in [2.45, 2.75) is 6.10 Å². The average Bonchev–Trinajstić information content (AvgIpc) is 2.56. The van der Waals surface area contributed by atoms with E-state index in [1.165, 1.54) is 4.90 Å². The van der Waals surface area contributed by atoms with E-state index in [1.807, 2.05) is 0 Å². The van der Waals surface area contributed by atoms with Crippen molar-refractivity contribution < 1.29 is 14.7 Å². The maximum atomic E-state index is 11.8. The molecule has 0 aromatic heterocycles. The minimum absolute atomic E-state index is 0.0482. The van der Waals surface area contributed by atoms with E-state index in [9.17, 15) is 14.7 Å². The second-order valence-corrected chi connectivity index (χ2v) is 4.74. The Bertz CT molecular complexity index is 492. The molecule has 4 nitrogen and oxygen atoms in total. The summed E-state index contributed by atoms with van der Waals surface area (Å²) in [5, 5.41) is 10.2. The number of fused-ring (bicyclic) bond motifs is 1. The normalized spacial score (nSPS) is 16.3. The molecule has 0 radical (unpaired) electrons. The number of aliphatic hydroxyl groups is 1. The third-order valence-electron chi connectivity index (χ3n) is 2.51. The number of hydrogen-bond acceptors (Lipinski definition) is 3. The third-order valence-corrected chi connectivity index (χ3v) is 3.56. The molecule has 1 aliphatic rings. The zero-order chi connectivity index (χ0) is 12.6. The van der Waals surface area contributed by atoms with Gasteiger partial charge in [-0.25, -0.2) is 0 Å². The molecule has 1 heterocycles. The first-order chi connectivity index (χ1) is 8.06. The second kappa shape index (κ2) is 4.76. The van der Waals surface area contributed by atoms with E-state index >= 15 is 0 Å². The quantitative estimate of drug-likeness (QED) is 0.681. The van der Waals surface area contributed by atoms with Gasteiger partial charge in [0.2, 0.25) is 0 Å². The number of alkyl halides is 1. The van der Waals surface area contributed by atoms with Crippen LogP contribution in [0, 0.1) is 0 Å². The fourth-order valence-electron chi connectivity index (χ4n) is 1.75. The van der Waals surface area contributed by atoms with Crippen LogP contribution in [0.4, 0.5) is 5.69 Å². The number of aliphatic hydroxyl groups excluding tert-OH is 1. The van der Waals surface area contributed by atoms with Crippen LogP contribution in [-0.4, -0.2) is 34.8 Å². The summed E-state index contributed by atoms with van der Waals surface area (Å²) >= 11 is 9.09. The van der Waals surface area contributed by atoms with E-state index in [0.717, 1.165) is 0 Å². The molecule has 1 atom stereocenters. The summed E-state index contributed by atoms with van der Waals surface area (Å²) in [6.45, 7) is 0.0482. The van der Waals surface area contributed by atoms with Crippen molar-refractivity contribution in [3.8, 4) is 0 Å². The summed E-state index contributed by atoms with van der Waals surface area (Å²) in [5.41, 5.74) is 0.688. The Morgan fingerprint density at radius 2 is 2.12 bits per heavy atom. The lowest BCUT2D eigenvalue weighted by Gasteiger charge is -2.19. The number of nitrogens with zero attached hydrogens (tertiary/aromatic N) is 1. The standard InChI is InChI=1S/C11H9BrClNO3/c12-4-6(15)5-14-9-7(10(16)11(14)17)2-1-3-8(9)13/h1-3,6,15H,4-5H2. The van der Waals surface area contributed by atoms with Crippen LogP contribution in [0.3, 0.4) is 0 Å². The maximum Gasteiger partial charge on any atom is 0.299 e. The molecular formula is C11H9BrClNO3. The van der Waals surface area contributed by atoms with Crippen LogP contribution in [0.5, 0.6) is 0 Å². The maximum absolute atomic E-state index is 11.8. The average molecular weight is 319 g/mol. The fraction of sp³-hybridized carbons (Fsp3) is 0.273. The Morgan fingerprint density at radius 3 is 2.76 bits per heavy atom. The topological polar surface area (TPSA) is 57.6 Å². The van der Waals surface area contributed by atoms with Gasteiger partial charge in [0.1, 0.15) is 0 Å². The van der Waals surface area contributed by atoms with Crippen LogP contribution >= 0.6 is 27.5 Å². The fourth-order valence-corrected chi connectivity index (χ4v) is 2.23. The van der Waals surface area contributed by atoms with Gasteiger partial charge in [0, 0.05) is 5.33 Å². The number of anilines is 1. The van der Waals surface area contributed by atoms with Gasteiger partial charge in [0.15, 0.2) is 0 Å².